The quantitative estimate of drug-likeness (QED) is 0.0885. The number of imidazole rings is 1. The SMILES string of the molecule is CCCCCCCCCCCCCCNCc1ccc(Cn2c(CCCC)nc3c(NC(C)C)nc4ccccc4c32)cc1. The van der Waals surface area contributed by atoms with Crippen LogP contribution < -0.4 is 10.6 Å². The van der Waals surface area contributed by atoms with Crippen LogP contribution in [0, 0.1) is 0 Å². The van der Waals surface area contributed by atoms with Gasteiger partial charge in [-0.2, -0.15) is 0 Å². The Morgan fingerprint density at radius 3 is 1.95 bits per heavy atom. The standard InChI is InChI=1S/C39H59N5/c1-5-7-9-10-11-12-13-14-15-16-17-20-28-40-29-32-24-26-33(27-25-32)30-44-36(23-8-6-2)43-37-38(44)34-21-18-19-22-35(34)42-39(37)41-31(3)4/h18-19,21-22,24-27,31,40H,5-17,20,23,28-30H2,1-4H3,(H,41,42). The van der Waals surface area contributed by atoms with Crippen molar-refractivity contribution in [3.8, 4) is 0 Å². The average molecular weight is 598 g/mol. The lowest BCUT2D eigenvalue weighted by Crippen LogP contribution is -2.14. The first-order chi connectivity index (χ1) is 21.6. The number of nitrogens with one attached hydrogen (secondary N) is 2. The van der Waals surface area contributed by atoms with Crippen molar-refractivity contribution in [1.29, 1.82) is 0 Å². The van der Waals surface area contributed by atoms with Crippen molar-refractivity contribution < 1.29 is 0 Å². The van der Waals surface area contributed by atoms with E-state index in [-0.39, 0.29) is 6.04 Å². The number of unbranched alkanes of at least 4 members (excludes halogenated alkanes) is 12. The molecule has 0 saturated heterocycles. The molecule has 5 heteroatoms. The lowest BCUT2D eigenvalue weighted by Gasteiger charge is -2.14. The number of rotatable bonds is 22. The second-order valence-electron chi connectivity index (χ2n) is 13.1. The number of anilines is 1. The van der Waals surface area contributed by atoms with Gasteiger partial charge in [0, 0.05) is 30.9 Å². The molecule has 44 heavy (non-hydrogen) atoms. The fourth-order valence-corrected chi connectivity index (χ4v) is 6.22. The number of fused-ring (bicyclic) bond motifs is 3. The largest absolute Gasteiger partial charge is 0.366 e. The minimum Gasteiger partial charge on any atom is -0.366 e. The molecule has 0 saturated carbocycles. The maximum Gasteiger partial charge on any atom is 0.155 e. The van der Waals surface area contributed by atoms with Crippen LogP contribution >= 0.6 is 0 Å². The van der Waals surface area contributed by atoms with Gasteiger partial charge >= 0.3 is 0 Å². The van der Waals surface area contributed by atoms with E-state index in [0.29, 0.717) is 0 Å². The lowest BCUT2D eigenvalue weighted by molar-refractivity contribution is 0.535. The van der Waals surface area contributed by atoms with E-state index in [4.69, 9.17) is 9.97 Å². The average Bonchev–Trinajstić information content (AvgIpc) is 3.39. The highest BCUT2D eigenvalue weighted by Crippen LogP contribution is 2.31. The maximum atomic E-state index is 5.20. The molecule has 0 bridgehead atoms. The monoisotopic (exact) mass is 597 g/mol. The number of hydrogen-bond donors (Lipinski definition) is 2. The zero-order valence-corrected chi connectivity index (χ0v) is 28.3. The Morgan fingerprint density at radius 1 is 0.682 bits per heavy atom. The number of pyridine rings is 1. The van der Waals surface area contributed by atoms with Crippen molar-refractivity contribution in [2.24, 2.45) is 0 Å². The Balaban J connectivity index is 1.29. The van der Waals surface area contributed by atoms with Crippen molar-refractivity contribution in [3.63, 3.8) is 0 Å². The minimum atomic E-state index is 0.289. The first kappa shape index (κ1) is 34.0. The first-order valence-corrected chi connectivity index (χ1v) is 17.9. The van der Waals surface area contributed by atoms with E-state index in [1.807, 2.05) is 0 Å². The predicted octanol–water partition coefficient (Wildman–Crippen LogP) is 10.6. The van der Waals surface area contributed by atoms with Crippen LogP contribution in [-0.4, -0.2) is 27.1 Å². The molecule has 0 unspecified atom stereocenters. The molecule has 0 aliphatic rings. The van der Waals surface area contributed by atoms with Crippen LogP contribution in [0.15, 0.2) is 48.5 Å². The summed E-state index contributed by atoms with van der Waals surface area (Å²) < 4.78 is 2.45. The Labute approximate surface area is 267 Å². The van der Waals surface area contributed by atoms with Gasteiger partial charge in [-0.15, -0.1) is 0 Å². The Kier molecular flexibility index (Phi) is 14.5. The molecule has 0 aliphatic heterocycles. The van der Waals surface area contributed by atoms with E-state index in [0.717, 1.165) is 61.6 Å². The summed E-state index contributed by atoms with van der Waals surface area (Å²) in [6.07, 6.45) is 20.0. The van der Waals surface area contributed by atoms with E-state index >= 15 is 0 Å². The van der Waals surface area contributed by atoms with Gasteiger partial charge in [0.2, 0.25) is 0 Å². The molecule has 0 atom stereocenters. The molecule has 0 fully saturated rings. The Hall–Kier alpha value is -2.92. The molecule has 5 nitrogen and oxygen atoms in total. The topological polar surface area (TPSA) is 54.8 Å². The summed E-state index contributed by atoms with van der Waals surface area (Å²) >= 11 is 0. The van der Waals surface area contributed by atoms with Gasteiger partial charge in [0.25, 0.3) is 0 Å². The van der Waals surface area contributed by atoms with E-state index in [9.17, 15) is 0 Å². The highest BCUT2D eigenvalue weighted by atomic mass is 15.1. The molecule has 4 rings (SSSR count). The summed E-state index contributed by atoms with van der Waals surface area (Å²) in [6.45, 7) is 11.7. The fraction of sp³-hybridized carbons (Fsp3) is 0.590. The summed E-state index contributed by atoms with van der Waals surface area (Å²) in [7, 11) is 0. The molecule has 0 spiro atoms. The number of para-hydroxylation sites is 1. The van der Waals surface area contributed by atoms with Gasteiger partial charge in [0.1, 0.15) is 11.3 Å². The van der Waals surface area contributed by atoms with Crippen LogP contribution in [0.5, 0.6) is 0 Å². The Bertz CT molecular complexity index is 1370. The number of aryl methyl sites for hydroxylation is 1. The lowest BCUT2D eigenvalue weighted by atomic mass is 10.1. The second kappa shape index (κ2) is 18.8. The molecule has 0 amide bonds. The number of nitrogens with zero attached hydrogens (tertiary/aromatic N) is 3. The van der Waals surface area contributed by atoms with Gasteiger partial charge in [-0.1, -0.05) is 133 Å². The highest BCUT2D eigenvalue weighted by molar-refractivity contribution is 6.07. The first-order valence-electron chi connectivity index (χ1n) is 17.9. The van der Waals surface area contributed by atoms with E-state index in [1.54, 1.807) is 0 Å². The molecule has 2 aromatic heterocycles. The third-order valence-corrected chi connectivity index (χ3v) is 8.74. The third-order valence-electron chi connectivity index (χ3n) is 8.74. The minimum absolute atomic E-state index is 0.289. The van der Waals surface area contributed by atoms with Gasteiger partial charge in [-0.05, 0) is 50.4 Å². The van der Waals surface area contributed by atoms with Crippen LogP contribution in [0.25, 0.3) is 21.9 Å². The summed E-state index contributed by atoms with van der Waals surface area (Å²) in [6, 6.07) is 18.0. The third kappa shape index (κ3) is 10.3. The molecule has 2 N–H and O–H groups in total. The van der Waals surface area contributed by atoms with Gasteiger partial charge in [0.15, 0.2) is 5.82 Å². The maximum absolute atomic E-state index is 5.20. The van der Waals surface area contributed by atoms with Gasteiger partial charge in [0.05, 0.1) is 11.0 Å². The molecular formula is C39H59N5. The van der Waals surface area contributed by atoms with Crippen LogP contribution in [0.1, 0.15) is 135 Å². The van der Waals surface area contributed by atoms with Gasteiger partial charge in [-0.25, -0.2) is 9.97 Å². The van der Waals surface area contributed by atoms with Crippen molar-refractivity contribution in [3.05, 3.63) is 65.5 Å². The second-order valence-corrected chi connectivity index (χ2v) is 13.1. The number of aromatic nitrogens is 3. The van der Waals surface area contributed by atoms with Crippen LogP contribution in [0.3, 0.4) is 0 Å². The molecule has 0 radical (unpaired) electrons. The smallest absolute Gasteiger partial charge is 0.155 e. The van der Waals surface area contributed by atoms with Crippen LogP contribution in [-0.2, 0) is 19.5 Å². The van der Waals surface area contributed by atoms with Crippen LogP contribution in [0.2, 0.25) is 0 Å². The van der Waals surface area contributed by atoms with E-state index in [1.165, 1.54) is 99.1 Å². The Morgan fingerprint density at radius 2 is 1.30 bits per heavy atom. The van der Waals surface area contributed by atoms with E-state index < -0.39 is 0 Å². The molecule has 240 valence electrons. The number of benzene rings is 2. The van der Waals surface area contributed by atoms with E-state index in [2.05, 4.69) is 91.4 Å². The van der Waals surface area contributed by atoms with Crippen molar-refractivity contribution in [2.45, 2.75) is 143 Å². The summed E-state index contributed by atoms with van der Waals surface area (Å²) in [5, 5.41) is 8.41. The van der Waals surface area contributed by atoms with Crippen molar-refractivity contribution in [2.75, 3.05) is 11.9 Å². The van der Waals surface area contributed by atoms with Crippen molar-refractivity contribution in [1.82, 2.24) is 19.9 Å². The predicted molar refractivity (Wildman–Crippen MR) is 191 cm³/mol. The normalized spacial score (nSPS) is 11.8. The van der Waals surface area contributed by atoms with Crippen molar-refractivity contribution >= 4 is 27.8 Å². The molecular weight excluding hydrogens is 538 g/mol. The van der Waals surface area contributed by atoms with Gasteiger partial charge in [-0.3, -0.25) is 0 Å². The summed E-state index contributed by atoms with van der Waals surface area (Å²) in [5.74, 6) is 2.04. The molecule has 2 heterocycles. The summed E-state index contributed by atoms with van der Waals surface area (Å²) in [5.41, 5.74) is 5.86. The molecule has 2 aromatic carbocycles. The zero-order valence-electron chi connectivity index (χ0n) is 28.3. The molecule has 0 aliphatic carbocycles. The zero-order chi connectivity index (χ0) is 31.0. The van der Waals surface area contributed by atoms with Gasteiger partial charge < -0.3 is 15.2 Å². The highest BCUT2D eigenvalue weighted by Gasteiger charge is 2.19. The number of hydrogen-bond acceptors (Lipinski definition) is 4. The fourth-order valence-electron chi connectivity index (χ4n) is 6.22. The molecule has 4 aromatic rings. The summed E-state index contributed by atoms with van der Waals surface area (Å²) in [4.78, 5) is 10.2. The van der Waals surface area contributed by atoms with Crippen LogP contribution in [0.4, 0.5) is 5.82 Å².